The molecule has 31 heavy (non-hydrogen) atoms. The second-order valence-electron chi connectivity index (χ2n) is 7.97. The minimum absolute atomic E-state index is 0. The molecular weight excluding hydrogens is 505 g/mol. The van der Waals surface area contributed by atoms with Crippen molar-refractivity contribution >= 4 is 35.8 Å². The Balaban J connectivity index is 0.00000480. The van der Waals surface area contributed by atoms with Crippen LogP contribution in [0.25, 0.3) is 0 Å². The van der Waals surface area contributed by atoms with E-state index in [1.807, 2.05) is 0 Å². The maximum absolute atomic E-state index is 11.2. The van der Waals surface area contributed by atoms with Crippen LogP contribution in [0.3, 0.4) is 0 Å². The van der Waals surface area contributed by atoms with Gasteiger partial charge in [-0.15, -0.1) is 24.0 Å². The fraction of sp³-hybridized carbons (Fsp3) is 0.652. The molecule has 1 fully saturated rings. The number of guanidine groups is 1. The number of amides is 1. The lowest BCUT2D eigenvalue weighted by Gasteiger charge is -2.30. The van der Waals surface area contributed by atoms with Crippen molar-refractivity contribution in [2.24, 2.45) is 16.6 Å². The van der Waals surface area contributed by atoms with Gasteiger partial charge in [-0.3, -0.25) is 9.79 Å². The van der Waals surface area contributed by atoms with Gasteiger partial charge in [0.25, 0.3) is 0 Å². The minimum atomic E-state index is -0.144. The molecule has 4 N–H and O–H groups in total. The van der Waals surface area contributed by atoms with Crippen molar-refractivity contribution in [3.05, 3.63) is 29.3 Å². The lowest BCUT2D eigenvalue weighted by molar-refractivity contribution is -0.123. The van der Waals surface area contributed by atoms with Gasteiger partial charge in [0.2, 0.25) is 5.91 Å². The van der Waals surface area contributed by atoms with Gasteiger partial charge in [-0.05, 0) is 82.8 Å². The van der Waals surface area contributed by atoms with E-state index in [9.17, 15) is 4.79 Å². The van der Waals surface area contributed by atoms with E-state index < -0.39 is 0 Å². The van der Waals surface area contributed by atoms with Gasteiger partial charge in [0.1, 0.15) is 5.75 Å². The number of nitrogens with zero attached hydrogens (tertiary/aromatic N) is 2. The van der Waals surface area contributed by atoms with Gasteiger partial charge in [-0.1, -0.05) is 12.1 Å². The number of likely N-dealkylation sites (tertiary alicyclic amines) is 1. The molecule has 1 aliphatic rings. The van der Waals surface area contributed by atoms with Gasteiger partial charge in [0.05, 0.1) is 7.11 Å². The predicted octanol–water partition coefficient (Wildman–Crippen LogP) is 2.70. The first-order chi connectivity index (χ1) is 14.5. The first-order valence-corrected chi connectivity index (χ1v) is 11.2. The number of hydrogen-bond donors (Lipinski definition) is 3. The van der Waals surface area contributed by atoms with Crippen LogP contribution >= 0.6 is 24.0 Å². The number of nitrogens with two attached hydrogens (primary N) is 1. The van der Waals surface area contributed by atoms with Crippen molar-refractivity contribution < 1.29 is 9.53 Å². The number of aryl methyl sites for hydroxylation is 1. The summed E-state index contributed by atoms with van der Waals surface area (Å²) in [5.74, 6) is 1.74. The number of carbonyl (C=O) groups excluding carboxylic acids is 1. The highest BCUT2D eigenvalue weighted by Gasteiger charge is 2.22. The van der Waals surface area contributed by atoms with Crippen molar-refractivity contribution in [3.63, 3.8) is 0 Å². The summed E-state index contributed by atoms with van der Waals surface area (Å²) in [5, 5.41) is 6.74. The summed E-state index contributed by atoms with van der Waals surface area (Å²) in [6, 6.07) is 6.35. The first-order valence-electron chi connectivity index (χ1n) is 11.2. The average Bonchev–Trinajstić information content (AvgIpc) is 2.75. The average molecular weight is 546 g/mol. The van der Waals surface area contributed by atoms with Crippen LogP contribution < -0.4 is 21.1 Å². The van der Waals surface area contributed by atoms with Crippen molar-refractivity contribution in [3.8, 4) is 5.75 Å². The molecule has 1 saturated heterocycles. The van der Waals surface area contributed by atoms with Crippen LogP contribution in [0.15, 0.2) is 23.2 Å². The van der Waals surface area contributed by atoms with Crippen LogP contribution in [0.1, 0.15) is 43.7 Å². The number of ether oxygens (including phenoxy) is 1. The van der Waals surface area contributed by atoms with Gasteiger partial charge < -0.3 is 26.0 Å². The van der Waals surface area contributed by atoms with Gasteiger partial charge in [-0.2, -0.15) is 0 Å². The molecule has 7 nitrogen and oxygen atoms in total. The number of aliphatic imine (C=N–C) groups is 1. The van der Waals surface area contributed by atoms with E-state index in [4.69, 9.17) is 15.5 Å². The maximum atomic E-state index is 11.2. The van der Waals surface area contributed by atoms with Crippen molar-refractivity contribution in [1.29, 1.82) is 0 Å². The highest BCUT2D eigenvalue weighted by molar-refractivity contribution is 14.0. The molecule has 1 aliphatic heterocycles. The number of primary amides is 1. The summed E-state index contributed by atoms with van der Waals surface area (Å²) >= 11 is 0. The zero-order chi connectivity index (χ0) is 21.8. The van der Waals surface area contributed by atoms with E-state index in [0.717, 1.165) is 88.6 Å². The number of nitrogens with one attached hydrogen (secondary N) is 2. The third-order valence-electron chi connectivity index (χ3n) is 5.67. The van der Waals surface area contributed by atoms with Crippen LogP contribution in [0.5, 0.6) is 5.75 Å². The van der Waals surface area contributed by atoms with E-state index in [0.29, 0.717) is 0 Å². The molecule has 0 saturated carbocycles. The second-order valence-corrected chi connectivity index (χ2v) is 7.97. The van der Waals surface area contributed by atoms with Gasteiger partial charge >= 0.3 is 0 Å². The Morgan fingerprint density at radius 3 is 2.65 bits per heavy atom. The number of methoxy groups -OCH3 is 1. The number of unbranched alkanes of at least 4 members (excludes halogenated alkanes) is 1. The SMILES string of the molecule is CCNC(=NCCCCN1CCC(C(N)=O)CC1)NCCc1ccc(C)c(OC)c1.I. The second kappa shape index (κ2) is 15.3. The number of benzene rings is 1. The molecule has 0 atom stereocenters. The highest BCUT2D eigenvalue weighted by atomic mass is 127. The van der Waals surface area contributed by atoms with E-state index in [1.54, 1.807) is 7.11 Å². The van der Waals surface area contributed by atoms with Crippen LogP contribution in [-0.2, 0) is 11.2 Å². The Bertz CT molecular complexity index is 691. The quantitative estimate of drug-likeness (QED) is 0.172. The van der Waals surface area contributed by atoms with Crippen LogP contribution in [0, 0.1) is 12.8 Å². The fourth-order valence-electron chi connectivity index (χ4n) is 3.77. The highest BCUT2D eigenvalue weighted by Crippen LogP contribution is 2.19. The zero-order valence-corrected chi connectivity index (χ0v) is 21.6. The molecule has 1 aromatic rings. The van der Waals surface area contributed by atoms with Crippen LogP contribution in [0.2, 0.25) is 0 Å². The summed E-state index contributed by atoms with van der Waals surface area (Å²) in [7, 11) is 1.71. The molecule has 0 spiro atoms. The monoisotopic (exact) mass is 545 g/mol. The van der Waals surface area contributed by atoms with Crippen molar-refractivity contribution in [1.82, 2.24) is 15.5 Å². The third-order valence-corrected chi connectivity index (χ3v) is 5.67. The molecule has 0 bridgehead atoms. The summed E-state index contributed by atoms with van der Waals surface area (Å²) in [6.07, 6.45) is 4.89. The Morgan fingerprint density at radius 2 is 2.00 bits per heavy atom. The summed E-state index contributed by atoms with van der Waals surface area (Å²) < 4.78 is 5.41. The van der Waals surface area contributed by atoms with Crippen molar-refractivity contribution in [2.45, 2.75) is 46.0 Å². The van der Waals surface area contributed by atoms with Gasteiger partial charge in [0.15, 0.2) is 5.96 Å². The standard InChI is InChI=1S/C23H39N5O2.HI/c1-4-25-23(27-13-9-19-8-7-18(2)21(17-19)30-3)26-12-5-6-14-28-15-10-20(11-16-28)22(24)29;/h7-8,17,20H,4-6,9-16H2,1-3H3,(H2,24,29)(H2,25,26,27);1H. The van der Waals surface area contributed by atoms with E-state index in [2.05, 4.69) is 47.6 Å². The number of hydrogen-bond acceptors (Lipinski definition) is 4. The molecule has 1 amide bonds. The molecule has 8 heteroatoms. The van der Waals surface area contributed by atoms with Crippen LogP contribution in [-0.4, -0.2) is 63.1 Å². The summed E-state index contributed by atoms with van der Waals surface area (Å²) in [6.45, 7) is 9.64. The molecular formula is C23H40IN5O2. The van der Waals surface area contributed by atoms with E-state index >= 15 is 0 Å². The molecule has 0 aromatic heterocycles. The molecule has 0 unspecified atom stereocenters. The molecule has 176 valence electrons. The Hall–Kier alpha value is -1.55. The maximum Gasteiger partial charge on any atom is 0.220 e. The summed E-state index contributed by atoms with van der Waals surface area (Å²) in [5.41, 5.74) is 7.81. The number of carbonyl (C=O) groups is 1. The summed E-state index contributed by atoms with van der Waals surface area (Å²) in [4.78, 5) is 18.4. The lowest BCUT2D eigenvalue weighted by atomic mass is 9.96. The smallest absolute Gasteiger partial charge is 0.220 e. The fourth-order valence-corrected chi connectivity index (χ4v) is 3.77. The van der Waals surface area contributed by atoms with E-state index in [1.165, 1.54) is 5.56 Å². The Morgan fingerprint density at radius 1 is 1.26 bits per heavy atom. The zero-order valence-electron chi connectivity index (χ0n) is 19.3. The number of rotatable bonds is 11. The third kappa shape index (κ3) is 10.1. The van der Waals surface area contributed by atoms with Crippen molar-refractivity contribution in [2.75, 3.05) is 46.4 Å². The molecule has 0 aliphatic carbocycles. The first kappa shape index (κ1) is 27.5. The molecule has 0 radical (unpaired) electrons. The number of piperidine rings is 1. The van der Waals surface area contributed by atoms with Crippen LogP contribution in [0.4, 0.5) is 0 Å². The van der Waals surface area contributed by atoms with Gasteiger partial charge in [-0.25, -0.2) is 0 Å². The largest absolute Gasteiger partial charge is 0.496 e. The normalized spacial score (nSPS) is 15.3. The Labute approximate surface area is 204 Å². The molecule has 1 aromatic carbocycles. The predicted molar refractivity (Wildman–Crippen MR) is 138 cm³/mol. The lowest BCUT2D eigenvalue weighted by Crippen LogP contribution is -2.39. The van der Waals surface area contributed by atoms with Gasteiger partial charge in [0, 0.05) is 25.6 Å². The number of halogens is 1. The Kier molecular flexibility index (Phi) is 13.6. The molecule has 1 heterocycles. The topological polar surface area (TPSA) is 92.0 Å². The molecule has 2 rings (SSSR count). The minimum Gasteiger partial charge on any atom is -0.496 e. The van der Waals surface area contributed by atoms with E-state index in [-0.39, 0.29) is 35.8 Å².